The first-order chi connectivity index (χ1) is 24.6. The van der Waals surface area contributed by atoms with Crippen molar-refractivity contribution in [3.63, 3.8) is 0 Å². The van der Waals surface area contributed by atoms with Gasteiger partial charge in [-0.05, 0) is 51.5 Å². The van der Waals surface area contributed by atoms with Crippen LogP contribution in [0, 0.1) is 11.8 Å². The van der Waals surface area contributed by atoms with Gasteiger partial charge in [-0.25, -0.2) is 4.79 Å². The van der Waals surface area contributed by atoms with Crippen molar-refractivity contribution < 1.29 is 42.8 Å². The second kappa shape index (κ2) is 22.4. The lowest BCUT2D eigenvalue weighted by molar-refractivity contribution is -0.145. The summed E-state index contributed by atoms with van der Waals surface area (Å²) in [5.74, 6) is -2.08. The van der Waals surface area contributed by atoms with E-state index in [1.165, 1.54) is 7.11 Å². The van der Waals surface area contributed by atoms with E-state index < -0.39 is 50.0 Å². The number of amides is 4. The van der Waals surface area contributed by atoms with Crippen molar-refractivity contribution in [3.05, 3.63) is 35.9 Å². The molecule has 14 heteroatoms. The van der Waals surface area contributed by atoms with Crippen LogP contribution in [0.4, 0.5) is 4.79 Å². The Kier molecular flexibility index (Phi) is 19.5. The highest BCUT2D eigenvalue weighted by Gasteiger charge is 2.42. The van der Waals surface area contributed by atoms with Crippen LogP contribution in [0.5, 0.6) is 0 Å². The molecule has 0 radical (unpaired) electrons. The first-order valence-corrected chi connectivity index (χ1v) is 19.9. The number of carbonyl (C=O) groups is 4. The second-order valence-electron chi connectivity index (χ2n) is 14.7. The van der Waals surface area contributed by atoms with Gasteiger partial charge in [0.2, 0.25) is 17.7 Å². The Morgan fingerprint density at radius 1 is 1.08 bits per heavy atom. The van der Waals surface area contributed by atoms with Crippen molar-refractivity contribution in [2.24, 2.45) is 11.8 Å². The van der Waals surface area contributed by atoms with E-state index in [0.717, 1.165) is 31.2 Å². The quantitative estimate of drug-likeness (QED) is 0.113. The van der Waals surface area contributed by atoms with Crippen LogP contribution in [0.3, 0.4) is 0 Å². The molecular formula is C38H65N4O9P. The van der Waals surface area contributed by atoms with Crippen LogP contribution in [0.15, 0.2) is 30.3 Å². The molecule has 0 aliphatic carbocycles. The van der Waals surface area contributed by atoms with Crippen LogP contribution in [0.2, 0.25) is 0 Å². The molecule has 296 valence electrons. The van der Waals surface area contributed by atoms with Gasteiger partial charge in [-0.1, -0.05) is 70.9 Å². The number of ether oxygens (including phenoxy) is 3. The molecule has 0 spiro atoms. The molecule has 13 nitrogen and oxygen atoms in total. The van der Waals surface area contributed by atoms with E-state index >= 15 is 0 Å². The Morgan fingerprint density at radius 2 is 1.75 bits per heavy atom. The van der Waals surface area contributed by atoms with Crippen LogP contribution in [-0.4, -0.2) is 115 Å². The normalized spacial score (nSPS) is 18.8. The monoisotopic (exact) mass is 752 g/mol. The summed E-state index contributed by atoms with van der Waals surface area (Å²) in [7, 11) is 2.79. The van der Waals surface area contributed by atoms with Crippen molar-refractivity contribution in [3.8, 4) is 0 Å². The van der Waals surface area contributed by atoms with Crippen LogP contribution in [0.1, 0.15) is 92.6 Å². The van der Waals surface area contributed by atoms with E-state index in [1.54, 1.807) is 51.7 Å². The zero-order chi connectivity index (χ0) is 39.0. The third-order valence-corrected chi connectivity index (χ3v) is 10.9. The minimum absolute atomic E-state index is 0.0131. The van der Waals surface area contributed by atoms with Crippen LogP contribution < -0.4 is 10.6 Å². The van der Waals surface area contributed by atoms with Gasteiger partial charge in [0.15, 0.2) is 8.38 Å². The van der Waals surface area contributed by atoms with Crippen molar-refractivity contribution in [2.45, 2.75) is 129 Å². The molecule has 1 aliphatic rings. The van der Waals surface area contributed by atoms with E-state index in [0.29, 0.717) is 26.0 Å². The van der Waals surface area contributed by atoms with Gasteiger partial charge in [0.05, 0.1) is 43.2 Å². The van der Waals surface area contributed by atoms with E-state index in [4.69, 9.17) is 18.7 Å². The van der Waals surface area contributed by atoms with E-state index in [2.05, 4.69) is 10.6 Å². The molecule has 1 aromatic rings. The number of likely N-dealkylation sites (tertiary alicyclic amines) is 1. The fourth-order valence-electron chi connectivity index (χ4n) is 6.62. The topological polar surface area (TPSA) is 156 Å². The molecule has 52 heavy (non-hydrogen) atoms. The van der Waals surface area contributed by atoms with Crippen LogP contribution in [0.25, 0.3) is 0 Å². The average Bonchev–Trinajstić information content (AvgIpc) is 3.59. The number of hydrogen-bond donors (Lipinski definition) is 3. The summed E-state index contributed by atoms with van der Waals surface area (Å²) in [6.07, 6.45) is 2.35. The summed E-state index contributed by atoms with van der Waals surface area (Å²) in [4.78, 5) is 67.7. The van der Waals surface area contributed by atoms with Gasteiger partial charge in [0.1, 0.15) is 17.9 Å². The highest BCUT2D eigenvalue weighted by molar-refractivity contribution is 7.47. The number of rotatable bonds is 21. The molecule has 1 heterocycles. The SMILES string of the molecule is CCCCOP(O)C(Cc1ccccc1)NC(=O)C(C)C(OC)C1CCCN1C(=O)CC(OC)C(C(C)CC)N(C)C(=O)CNC(=O)OC(C)(C)C. The largest absolute Gasteiger partial charge is 0.444 e. The summed E-state index contributed by atoms with van der Waals surface area (Å²) < 4.78 is 22.9. The molecule has 8 atom stereocenters. The lowest BCUT2D eigenvalue weighted by Crippen LogP contribution is -2.54. The molecule has 2 rings (SSSR count). The van der Waals surface area contributed by atoms with Gasteiger partial charge >= 0.3 is 6.09 Å². The smallest absolute Gasteiger partial charge is 0.408 e. The highest BCUT2D eigenvalue weighted by atomic mass is 31.2. The lowest BCUT2D eigenvalue weighted by Gasteiger charge is -2.39. The number of nitrogens with one attached hydrogen (secondary N) is 2. The Morgan fingerprint density at radius 3 is 2.33 bits per heavy atom. The Bertz CT molecular complexity index is 1250. The van der Waals surface area contributed by atoms with Gasteiger partial charge < -0.3 is 44.1 Å². The van der Waals surface area contributed by atoms with Crippen molar-refractivity contribution in [1.82, 2.24) is 20.4 Å². The minimum Gasteiger partial charge on any atom is -0.444 e. The van der Waals surface area contributed by atoms with E-state index in [9.17, 15) is 24.1 Å². The lowest BCUT2D eigenvalue weighted by atomic mass is 9.90. The minimum atomic E-state index is -1.94. The molecule has 1 aliphatic heterocycles. The average molecular weight is 753 g/mol. The molecule has 0 aromatic heterocycles. The van der Waals surface area contributed by atoms with Crippen molar-refractivity contribution >= 4 is 32.2 Å². The standard InChI is InChI=1S/C38H65N4O9P/c1-11-13-22-50-52(47)31(23-28-18-15-14-16-19-28)40-36(45)27(4)35(49-10)29-20-17-21-42(29)32(43)24-30(48-9)34(26(3)12-2)41(8)33(44)25-39-37(46)51-38(5,6)7/h14-16,18-19,26-27,29-31,34-35,47H,11-13,17,20-25H2,1-10H3,(H,39,46)(H,40,45). The van der Waals surface area contributed by atoms with Gasteiger partial charge in [-0.2, -0.15) is 0 Å². The number of carbonyl (C=O) groups excluding carboxylic acids is 4. The summed E-state index contributed by atoms with van der Waals surface area (Å²) in [5, 5.41) is 5.57. The molecule has 4 amide bonds. The summed E-state index contributed by atoms with van der Waals surface area (Å²) in [6, 6.07) is 8.84. The molecular weight excluding hydrogens is 687 g/mol. The molecule has 0 saturated carbocycles. The first kappa shape index (κ1) is 45.3. The van der Waals surface area contributed by atoms with Gasteiger partial charge in [-0.3, -0.25) is 14.4 Å². The van der Waals surface area contributed by atoms with Crippen molar-refractivity contribution in [2.75, 3.05) is 41.0 Å². The summed E-state index contributed by atoms with van der Waals surface area (Å²) >= 11 is 0. The van der Waals surface area contributed by atoms with E-state index in [1.807, 2.05) is 51.1 Å². The maximum Gasteiger partial charge on any atom is 0.408 e. The number of likely N-dealkylation sites (N-methyl/N-ethyl adjacent to an activating group) is 1. The fraction of sp³-hybridized carbons (Fsp3) is 0.737. The predicted molar refractivity (Wildman–Crippen MR) is 202 cm³/mol. The fourth-order valence-corrected chi connectivity index (χ4v) is 7.72. The van der Waals surface area contributed by atoms with Crippen LogP contribution >= 0.6 is 8.38 Å². The van der Waals surface area contributed by atoms with Gasteiger partial charge in [-0.15, -0.1) is 0 Å². The maximum atomic E-state index is 14.1. The molecule has 1 saturated heterocycles. The third kappa shape index (κ3) is 14.2. The summed E-state index contributed by atoms with van der Waals surface area (Å²) in [5.41, 5.74) is 0.264. The van der Waals surface area contributed by atoms with Gasteiger partial charge in [0, 0.05) is 34.2 Å². The predicted octanol–water partition coefficient (Wildman–Crippen LogP) is 5.24. The molecule has 1 fully saturated rings. The molecule has 3 N–H and O–H groups in total. The third-order valence-electron chi connectivity index (χ3n) is 9.66. The zero-order valence-electron chi connectivity index (χ0n) is 33.1. The first-order valence-electron chi connectivity index (χ1n) is 18.6. The number of hydrogen-bond acceptors (Lipinski definition) is 9. The molecule has 1 aromatic carbocycles. The molecule has 0 bridgehead atoms. The van der Waals surface area contributed by atoms with Gasteiger partial charge in [0.25, 0.3) is 0 Å². The Hall–Kier alpha value is -2.83. The Balaban J connectivity index is 2.19. The zero-order valence-corrected chi connectivity index (χ0v) is 33.9. The number of methoxy groups -OCH3 is 2. The molecule has 8 unspecified atom stereocenters. The number of alkyl carbamates (subject to hydrolysis) is 1. The van der Waals surface area contributed by atoms with Crippen molar-refractivity contribution in [1.29, 1.82) is 0 Å². The maximum absolute atomic E-state index is 14.1. The number of nitrogens with zero attached hydrogens (tertiary/aromatic N) is 2. The summed E-state index contributed by atoms with van der Waals surface area (Å²) in [6.45, 7) is 13.7. The highest BCUT2D eigenvalue weighted by Crippen LogP contribution is 2.39. The Labute approximate surface area is 312 Å². The number of unbranched alkanes of at least 4 members (excludes halogenated alkanes) is 1. The second-order valence-corrected chi connectivity index (χ2v) is 16.2. The van der Waals surface area contributed by atoms with E-state index in [-0.39, 0.29) is 42.6 Å². The van der Waals surface area contributed by atoms with Crippen LogP contribution in [-0.2, 0) is 39.5 Å². The number of benzene rings is 1.